The molecule has 0 unspecified atom stereocenters. The highest BCUT2D eigenvalue weighted by atomic mass is 16.2. The van der Waals surface area contributed by atoms with Crippen LogP contribution in [-0.2, 0) is 4.79 Å². The molecule has 92 valence electrons. The van der Waals surface area contributed by atoms with Crippen molar-refractivity contribution < 1.29 is 4.79 Å². The SMILES string of the molecule is Cc1[nH]c(=O)[nH]c(=O)c1/C=N\NC(=O)CCN. The Kier molecular flexibility index (Phi) is 4.35. The van der Waals surface area contributed by atoms with Gasteiger partial charge in [0.25, 0.3) is 5.56 Å². The van der Waals surface area contributed by atoms with Crippen molar-refractivity contribution in [2.45, 2.75) is 13.3 Å². The molecule has 0 aromatic carbocycles. The number of nitrogens with two attached hydrogens (primary N) is 1. The van der Waals surface area contributed by atoms with Crippen LogP contribution in [0.1, 0.15) is 17.7 Å². The number of carbonyl (C=O) groups is 1. The lowest BCUT2D eigenvalue weighted by Gasteiger charge is -1.98. The zero-order valence-electron chi connectivity index (χ0n) is 9.24. The number of nitrogens with zero attached hydrogens (tertiary/aromatic N) is 1. The largest absolute Gasteiger partial charge is 0.330 e. The van der Waals surface area contributed by atoms with Gasteiger partial charge in [0.05, 0.1) is 11.8 Å². The van der Waals surface area contributed by atoms with Crippen LogP contribution in [0, 0.1) is 6.92 Å². The molecule has 0 fully saturated rings. The van der Waals surface area contributed by atoms with Gasteiger partial charge in [-0.25, -0.2) is 10.2 Å². The highest BCUT2D eigenvalue weighted by Crippen LogP contribution is 1.89. The predicted molar refractivity (Wildman–Crippen MR) is 61.8 cm³/mol. The molecule has 1 heterocycles. The van der Waals surface area contributed by atoms with Gasteiger partial charge < -0.3 is 10.7 Å². The molecular formula is C9H13N5O3. The van der Waals surface area contributed by atoms with E-state index in [1.807, 2.05) is 0 Å². The highest BCUT2D eigenvalue weighted by molar-refractivity contribution is 5.82. The highest BCUT2D eigenvalue weighted by Gasteiger charge is 2.02. The molecule has 1 aromatic rings. The van der Waals surface area contributed by atoms with E-state index in [-0.39, 0.29) is 24.4 Å². The van der Waals surface area contributed by atoms with E-state index in [0.29, 0.717) is 5.69 Å². The average molecular weight is 239 g/mol. The fraction of sp³-hybridized carbons (Fsp3) is 0.333. The van der Waals surface area contributed by atoms with E-state index >= 15 is 0 Å². The second-order valence-electron chi connectivity index (χ2n) is 3.28. The minimum Gasteiger partial charge on any atom is -0.330 e. The van der Waals surface area contributed by atoms with Gasteiger partial charge in [0, 0.05) is 18.7 Å². The lowest BCUT2D eigenvalue weighted by Crippen LogP contribution is -2.27. The molecule has 0 aliphatic rings. The second-order valence-corrected chi connectivity index (χ2v) is 3.28. The number of nitrogens with one attached hydrogen (secondary N) is 3. The van der Waals surface area contributed by atoms with Crippen molar-refractivity contribution >= 4 is 12.1 Å². The Morgan fingerprint density at radius 1 is 1.47 bits per heavy atom. The van der Waals surface area contributed by atoms with Crippen molar-refractivity contribution in [3.63, 3.8) is 0 Å². The van der Waals surface area contributed by atoms with Crippen LogP contribution in [0.4, 0.5) is 0 Å². The number of H-pyrrole nitrogens is 2. The summed E-state index contributed by atoms with van der Waals surface area (Å²) < 4.78 is 0. The number of hydrazone groups is 1. The maximum absolute atomic E-state index is 11.4. The van der Waals surface area contributed by atoms with Gasteiger partial charge in [-0.05, 0) is 6.92 Å². The summed E-state index contributed by atoms with van der Waals surface area (Å²) in [5.41, 5.74) is 6.77. The van der Waals surface area contributed by atoms with Crippen LogP contribution >= 0.6 is 0 Å². The summed E-state index contributed by atoms with van der Waals surface area (Å²) in [4.78, 5) is 37.7. The number of amides is 1. The normalized spacial score (nSPS) is 10.7. The van der Waals surface area contributed by atoms with E-state index in [2.05, 4.69) is 20.5 Å². The average Bonchev–Trinajstić information content (AvgIpc) is 2.22. The van der Waals surface area contributed by atoms with Crippen LogP contribution in [0.2, 0.25) is 0 Å². The zero-order valence-corrected chi connectivity index (χ0v) is 9.24. The van der Waals surface area contributed by atoms with E-state index in [4.69, 9.17) is 5.73 Å². The van der Waals surface area contributed by atoms with Crippen molar-refractivity contribution in [3.8, 4) is 0 Å². The van der Waals surface area contributed by atoms with Gasteiger partial charge in [0.15, 0.2) is 0 Å². The van der Waals surface area contributed by atoms with Crippen LogP contribution in [0.25, 0.3) is 0 Å². The van der Waals surface area contributed by atoms with Gasteiger partial charge in [-0.1, -0.05) is 0 Å². The smallest absolute Gasteiger partial charge is 0.325 e. The molecule has 1 rings (SSSR count). The molecule has 0 bridgehead atoms. The summed E-state index contributed by atoms with van der Waals surface area (Å²) in [6.45, 7) is 1.78. The molecule has 0 atom stereocenters. The first kappa shape index (κ1) is 12.8. The Bertz CT molecular complexity index is 542. The molecule has 8 nitrogen and oxygen atoms in total. The summed E-state index contributed by atoms with van der Waals surface area (Å²) >= 11 is 0. The predicted octanol–water partition coefficient (Wildman–Crippen LogP) is -1.83. The number of aromatic amines is 2. The third-order valence-corrected chi connectivity index (χ3v) is 1.93. The molecule has 0 aliphatic heterocycles. The van der Waals surface area contributed by atoms with Gasteiger partial charge in [0.1, 0.15) is 0 Å². The third kappa shape index (κ3) is 3.68. The molecule has 1 aromatic heterocycles. The maximum atomic E-state index is 11.4. The number of aryl methyl sites for hydroxylation is 1. The van der Waals surface area contributed by atoms with Crippen LogP contribution in [0.5, 0.6) is 0 Å². The van der Waals surface area contributed by atoms with Gasteiger partial charge in [-0.3, -0.25) is 14.6 Å². The number of carbonyl (C=O) groups excluding carboxylic acids is 1. The molecule has 0 spiro atoms. The monoisotopic (exact) mass is 239 g/mol. The Balaban J connectivity index is 2.82. The number of hydrogen-bond donors (Lipinski definition) is 4. The van der Waals surface area contributed by atoms with Crippen molar-refractivity contribution in [2.75, 3.05) is 6.54 Å². The topological polar surface area (TPSA) is 133 Å². The van der Waals surface area contributed by atoms with Crippen LogP contribution < -0.4 is 22.4 Å². The summed E-state index contributed by atoms with van der Waals surface area (Å²) in [5.74, 6) is -0.345. The third-order valence-electron chi connectivity index (χ3n) is 1.93. The molecule has 0 saturated carbocycles. The van der Waals surface area contributed by atoms with Gasteiger partial charge in [-0.15, -0.1) is 0 Å². The Labute approximate surface area is 95.9 Å². The number of aromatic nitrogens is 2. The quantitative estimate of drug-likeness (QED) is 0.363. The van der Waals surface area contributed by atoms with E-state index in [0.717, 1.165) is 0 Å². The first-order valence-corrected chi connectivity index (χ1v) is 4.89. The van der Waals surface area contributed by atoms with Gasteiger partial charge in [0.2, 0.25) is 5.91 Å². The molecule has 0 radical (unpaired) electrons. The van der Waals surface area contributed by atoms with E-state index in [1.165, 1.54) is 6.21 Å². The fourth-order valence-electron chi connectivity index (χ4n) is 1.12. The lowest BCUT2D eigenvalue weighted by atomic mass is 10.2. The number of hydrogen-bond acceptors (Lipinski definition) is 5. The minimum absolute atomic E-state index is 0.151. The Morgan fingerprint density at radius 3 is 2.76 bits per heavy atom. The summed E-state index contributed by atoms with van der Waals surface area (Å²) in [5, 5.41) is 3.59. The van der Waals surface area contributed by atoms with Crippen molar-refractivity contribution in [1.29, 1.82) is 0 Å². The number of rotatable bonds is 4. The Hall–Kier alpha value is -2.22. The molecule has 17 heavy (non-hydrogen) atoms. The lowest BCUT2D eigenvalue weighted by molar-refractivity contribution is -0.120. The van der Waals surface area contributed by atoms with Gasteiger partial charge in [-0.2, -0.15) is 5.10 Å². The minimum atomic E-state index is -0.586. The summed E-state index contributed by atoms with van der Waals surface area (Å²) in [7, 11) is 0. The standard InChI is InChI=1S/C9H13N5O3/c1-5-6(8(16)13-9(17)12-5)4-11-14-7(15)2-3-10/h4H,2-3,10H2,1H3,(H,14,15)(H2,12,13,16,17)/b11-4-. The zero-order chi connectivity index (χ0) is 12.8. The summed E-state index contributed by atoms with van der Waals surface area (Å²) in [6.07, 6.45) is 1.32. The van der Waals surface area contributed by atoms with Crippen molar-refractivity contribution in [2.24, 2.45) is 10.8 Å². The molecule has 5 N–H and O–H groups in total. The first-order valence-electron chi connectivity index (χ1n) is 4.89. The van der Waals surface area contributed by atoms with E-state index in [1.54, 1.807) is 6.92 Å². The van der Waals surface area contributed by atoms with E-state index < -0.39 is 11.2 Å². The fourth-order valence-corrected chi connectivity index (χ4v) is 1.12. The first-order chi connectivity index (χ1) is 8.04. The molecular weight excluding hydrogens is 226 g/mol. The van der Waals surface area contributed by atoms with Gasteiger partial charge >= 0.3 is 5.69 Å². The van der Waals surface area contributed by atoms with Crippen LogP contribution in [-0.4, -0.2) is 28.6 Å². The maximum Gasteiger partial charge on any atom is 0.325 e. The van der Waals surface area contributed by atoms with Crippen molar-refractivity contribution in [3.05, 3.63) is 32.1 Å². The summed E-state index contributed by atoms with van der Waals surface area (Å²) in [6, 6.07) is 0. The van der Waals surface area contributed by atoms with E-state index in [9.17, 15) is 14.4 Å². The molecule has 1 amide bonds. The second kappa shape index (κ2) is 5.75. The van der Waals surface area contributed by atoms with Crippen molar-refractivity contribution in [1.82, 2.24) is 15.4 Å². The molecule has 8 heteroatoms. The molecule has 0 aliphatic carbocycles. The van der Waals surface area contributed by atoms with Crippen LogP contribution in [0.15, 0.2) is 14.7 Å². The Morgan fingerprint density at radius 2 is 2.18 bits per heavy atom. The molecule has 0 saturated heterocycles. The van der Waals surface area contributed by atoms with Crippen LogP contribution in [0.3, 0.4) is 0 Å².